The molecule has 3 rings (SSSR count). The number of rotatable bonds is 3. The van der Waals surface area contributed by atoms with Crippen LogP contribution in [0.5, 0.6) is 0 Å². The fourth-order valence-corrected chi connectivity index (χ4v) is 2.68. The van der Waals surface area contributed by atoms with Crippen LogP contribution in [0.15, 0.2) is 12.1 Å². The van der Waals surface area contributed by atoms with E-state index in [0.29, 0.717) is 18.9 Å². The maximum Gasteiger partial charge on any atom is 0.254 e. The normalized spacial score (nSPS) is 25.7. The third kappa shape index (κ3) is 2.47. The van der Waals surface area contributed by atoms with Gasteiger partial charge >= 0.3 is 0 Å². The lowest BCUT2D eigenvalue weighted by atomic mass is 10.1. The average molecular weight is 282 g/mol. The molecule has 1 aromatic carbocycles. The molecule has 1 aromatic rings. The number of halogens is 2. The Bertz CT molecular complexity index is 546. The average Bonchev–Trinajstić information content (AvgIpc) is 3.14. The minimum atomic E-state index is -0.884. The Hall–Kier alpha value is -1.69. The maximum atomic E-state index is 13.8. The van der Waals surface area contributed by atoms with Gasteiger partial charge in [0.1, 0.15) is 5.82 Å². The third-order valence-corrected chi connectivity index (χ3v) is 3.85. The molecule has 2 unspecified atom stereocenters. The fourth-order valence-electron chi connectivity index (χ4n) is 2.68. The van der Waals surface area contributed by atoms with E-state index in [1.54, 1.807) is 0 Å². The maximum absolute atomic E-state index is 13.8. The first kappa shape index (κ1) is 13.3. The predicted molar refractivity (Wildman–Crippen MR) is 69.1 cm³/mol. The lowest BCUT2D eigenvalue weighted by molar-refractivity contribution is 0.0727. The summed E-state index contributed by atoms with van der Waals surface area (Å²) < 4.78 is 32.6. The second-order valence-corrected chi connectivity index (χ2v) is 5.40. The van der Waals surface area contributed by atoms with Gasteiger partial charge in [-0.2, -0.15) is 0 Å². The molecule has 0 spiro atoms. The van der Waals surface area contributed by atoms with Crippen molar-refractivity contribution in [1.29, 1.82) is 0 Å². The first-order valence-electron chi connectivity index (χ1n) is 6.73. The van der Waals surface area contributed by atoms with E-state index in [4.69, 9.17) is 10.5 Å². The molecule has 4 nitrogen and oxygen atoms in total. The summed E-state index contributed by atoms with van der Waals surface area (Å²) in [7, 11) is 0. The van der Waals surface area contributed by atoms with Gasteiger partial charge < -0.3 is 15.8 Å². The van der Waals surface area contributed by atoms with Gasteiger partial charge in [0.2, 0.25) is 0 Å². The Labute approximate surface area is 115 Å². The first-order chi connectivity index (χ1) is 9.56. The molecule has 2 fully saturated rings. The van der Waals surface area contributed by atoms with Crippen molar-refractivity contribution in [1.82, 2.24) is 5.32 Å². The number of nitrogens with one attached hydrogen (secondary N) is 1. The van der Waals surface area contributed by atoms with Gasteiger partial charge in [-0.1, -0.05) is 0 Å². The van der Waals surface area contributed by atoms with E-state index in [0.717, 1.165) is 25.0 Å². The molecule has 1 saturated heterocycles. The van der Waals surface area contributed by atoms with Crippen LogP contribution in [0.1, 0.15) is 29.6 Å². The second-order valence-electron chi connectivity index (χ2n) is 5.40. The predicted octanol–water partition coefficient (Wildman–Crippen LogP) is 1.84. The minimum Gasteiger partial charge on any atom is -0.396 e. The number of ether oxygens (including phenoxy) is 1. The molecule has 3 N–H and O–H groups in total. The molecule has 2 atom stereocenters. The zero-order chi connectivity index (χ0) is 14.3. The molecule has 6 heteroatoms. The Kier molecular flexibility index (Phi) is 3.33. The summed E-state index contributed by atoms with van der Waals surface area (Å²) in [6, 6.07) is 1.58. The molecule has 0 radical (unpaired) electrons. The molecule has 1 aliphatic heterocycles. The van der Waals surface area contributed by atoms with Crippen LogP contribution in [0, 0.1) is 17.6 Å². The number of amides is 1. The summed E-state index contributed by atoms with van der Waals surface area (Å²) >= 11 is 0. The summed E-state index contributed by atoms with van der Waals surface area (Å²) in [5, 5.41) is 2.74. The summed E-state index contributed by atoms with van der Waals surface area (Å²) in [6.45, 7) is 0.583. The van der Waals surface area contributed by atoms with Crippen molar-refractivity contribution in [2.24, 2.45) is 5.92 Å². The van der Waals surface area contributed by atoms with Gasteiger partial charge in [-0.3, -0.25) is 4.79 Å². The van der Waals surface area contributed by atoms with Gasteiger partial charge in [-0.05, 0) is 37.3 Å². The Morgan fingerprint density at radius 1 is 1.30 bits per heavy atom. The molecular formula is C14H16F2N2O2. The van der Waals surface area contributed by atoms with E-state index in [9.17, 15) is 13.6 Å². The van der Waals surface area contributed by atoms with Crippen LogP contribution < -0.4 is 11.1 Å². The lowest BCUT2D eigenvalue weighted by Gasteiger charge is -2.19. The van der Waals surface area contributed by atoms with Crippen molar-refractivity contribution in [2.75, 3.05) is 12.3 Å². The van der Waals surface area contributed by atoms with Gasteiger partial charge in [0.15, 0.2) is 5.82 Å². The van der Waals surface area contributed by atoms with E-state index in [1.165, 1.54) is 0 Å². The molecule has 0 bridgehead atoms. The Balaban J connectivity index is 1.76. The van der Waals surface area contributed by atoms with Crippen molar-refractivity contribution in [3.8, 4) is 0 Å². The van der Waals surface area contributed by atoms with E-state index in [2.05, 4.69) is 5.32 Å². The smallest absolute Gasteiger partial charge is 0.254 e. The van der Waals surface area contributed by atoms with Gasteiger partial charge in [0.25, 0.3) is 5.91 Å². The first-order valence-corrected chi connectivity index (χ1v) is 6.73. The Morgan fingerprint density at radius 3 is 2.75 bits per heavy atom. The molecule has 1 heterocycles. The highest BCUT2D eigenvalue weighted by molar-refractivity contribution is 5.95. The monoisotopic (exact) mass is 282 g/mol. The van der Waals surface area contributed by atoms with Crippen molar-refractivity contribution >= 4 is 11.6 Å². The summed E-state index contributed by atoms with van der Waals surface area (Å²) in [5.74, 6) is -1.78. The highest BCUT2D eigenvalue weighted by Gasteiger charge is 2.41. The lowest BCUT2D eigenvalue weighted by Crippen LogP contribution is -2.41. The van der Waals surface area contributed by atoms with Gasteiger partial charge in [0.05, 0.1) is 23.4 Å². The quantitative estimate of drug-likeness (QED) is 0.831. The number of nitrogen functional groups attached to an aromatic ring is 1. The zero-order valence-corrected chi connectivity index (χ0v) is 10.9. The minimum absolute atomic E-state index is 0.00656. The summed E-state index contributed by atoms with van der Waals surface area (Å²) in [6.07, 6.45) is 2.88. The van der Waals surface area contributed by atoms with Gasteiger partial charge in [0, 0.05) is 6.61 Å². The highest BCUT2D eigenvalue weighted by Crippen LogP contribution is 2.38. The Morgan fingerprint density at radius 2 is 2.05 bits per heavy atom. The number of hydrogen-bond acceptors (Lipinski definition) is 3. The topological polar surface area (TPSA) is 64.4 Å². The number of hydrogen-bond donors (Lipinski definition) is 2. The van der Waals surface area contributed by atoms with Crippen LogP contribution in [0.2, 0.25) is 0 Å². The number of anilines is 1. The molecule has 0 aromatic heterocycles. The SMILES string of the molecule is Nc1cc(F)cc(C(=O)NC2CCOC2C2CC2)c1F. The van der Waals surface area contributed by atoms with Crippen LogP contribution in [0.25, 0.3) is 0 Å². The highest BCUT2D eigenvalue weighted by atomic mass is 19.1. The van der Waals surface area contributed by atoms with Crippen LogP contribution in [0.4, 0.5) is 14.5 Å². The molecule has 2 aliphatic rings. The van der Waals surface area contributed by atoms with Crippen molar-refractivity contribution < 1.29 is 18.3 Å². The van der Waals surface area contributed by atoms with E-state index in [-0.39, 0.29) is 23.4 Å². The van der Waals surface area contributed by atoms with Gasteiger partial charge in [-0.15, -0.1) is 0 Å². The van der Waals surface area contributed by atoms with Crippen molar-refractivity contribution in [2.45, 2.75) is 31.4 Å². The summed E-state index contributed by atoms with van der Waals surface area (Å²) in [4.78, 5) is 12.1. The number of nitrogens with two attached hydrogens (primary N) is 1. The third-order valence-electron chi connectivity index (χ3n) is 3.85. The number of benzene rings is 1. The second kappa shape index (κ2) is 5.01. The molecule has 20 heavy (non-hydrogen) atoms. The number of carbonyl (C=O) groups excluding carboxylic acids is 1. The standard InChI is InChI=1S/C14H16F2N2O2/c15-8-5-9(12(16)10(17)6-8)14(19)18-11-3-4-20-13(11)7-1-2-7/h5-7,11,13H,1-4,17H2,(H,18,19). The summed E-state index contributed by atoms with van der Waals surface area (Å²) in [5.41, 5.74) is 4.61. The van der Waals surface area contributed by atoms with Crippen LogP contribution in [-0.2, 0) is 4.74 Å². The van der Waals surface area contributed by atoms with Gasteiger partial charge in [-0.25, -0.2) is 8.78 Å². The van der Waals surface area contributed by atoms with Crippen LogP contribution in [0.3, 0.4) is 0 Å². The molecule has 1 amide bonds. The molecule has 1 saturated carbocycles. The van der Waals surface area contributed by atoms with Crippen molar-refractivity contribution in [3.05, 3.63) is 29.3 Å². The van der Waals surface area contributed by atoms with Crippen LogP contribution in [-0.4, -0.2) is 24.7 Å². The molecular weight excluding hydrogens is 266 g/mol. The molecule has 1 aliphatic carbocycles. The van der Waals surface area contributed by atoms with E-state index >= 15 is 0 Å². The van der Waals surface area contributed by atoms with Crippen LogP contribution >= 0.6 is 0 Å². The number of carbonyl (C=O) groups is 1. The fraction of sp³-hybridized carbons (Fsp3) is 0.500. The van der Waals surface area contributed by atoms with E-state index in [1.807, 2.05) is 0 Å². The molecule has 108 valence electrons. The largest absolute Gasteiger partial charge is 0.396 e. The zero-order valence-electron chi connectivity index (χ0n) is 10.9. The van der Waals surface area contributed by atoms with Crippen molar-refractivity contribution in [3.63, 3.8) is 0 Å². The van der Waals surface area contributed by atoms with E-state index < -0.39 is 17.5 Å².